The second-order valence-corrected chi connectivity index (χ2v) is 4.83. The third-order valence-electron chi connectivity index (χ3n) is 1.90. The topological polar surface area (TPSA) is 87.3 Å². The molecule has 0 saturated carbocycles. The van der Waals surface area contributed by atoms with E-state index in [-0.39, 0.29) is 4.90 Å². The van der Waals surface area contributed by atoms with Crippen LogP contribution in [0.5, 0.6) is 0 Å². The first-order chi connectivity index (χ1) is 7.49. The van der Waals surface area contributed by atoms with Crippen LogP contribution in [0, 0.1) is 0 Å². The molecular weight excluding hydrogens is 230 g/mol. The highest BCUT2D eigenvalue weighted by atomic mass is 32.2. The fourth-order valence-corrected chi connectivity index (χ4v) is 1.83. The molecule has 0 aliphatic rings. The molecule has 0 aliphatic heterocycles. The molecule has 0 aromatic heterocycles. The minimum atomic E-state index is -3.48. The molecule has 6 nitrogen and oxygen atoms in total. The van der Waals surface area contributed by atoms with Crippen molar-refractivity contribution in [2.75, 3.05) is 19.4 Å². The molecule has 1 aromatic carbocycles. The molecule has 0 aliphatic carbocycles. The van der Waals surface area contributed by atoms with Gasteiger partial charge in [-0.05, 0) is 25.2 Å². The number of hydrogen-bond acceptors (Lipinski definition) is 3. The van der Waals surface area contributed by atoms with E-state index >= 15 is 0 Å². The lowest BCUT2D eigenvalue weighted by Crippen LogP contribution is -2.24. The lowest BCUT2D eigenvalue weighted by Gasteiger charge is -2.06. The van der Waals surface area contributed by atoms with Gasteiger partial charge in [0.15, 0.2) is 0 Å². The number of benzene rings is 1. The van der Waals surface area contributed by atoms with Crippen molar-refractivity contribution in [2.45, 2.75) is 4.90 Å². The molecule has 1 rings (SSSR count). The number of hydrogen-bond donors (Lipinski definition) is 3. The molecule has 16 heavy (non-hydrogen) atoms. The van der Waals surface area contributed by atoms with Gasteiger partial charge in [0, 0.05) is 12.7 Å². The van der Waals surface area contributed by atoms with Gasteiger partial charge in [0.25, 0.3) is 0 Å². The molecule has 0 saturated heterocycles. The molecule has 2 amide bonds. The summed E-state index contributed by atoms with van der Waals surface area (Å²) in [6.45, 7) is 0. The zero-order valence-corrected chi connectivity index (χ0v) is 9.76. The summed E-state index contributed by atoms with van der Waals surface area (Å²) in [4.78, 5) is 11.1. The fourth-order valence-electron chi connectivity index (χ4n) is 1.05. The maximum Gasteiger partial charge on any atom is 0.318 e. The van der Waals surface area contributed by atoms with Crippen LogP contribution in [0.2, 0.25) is 0 Å². The molecule has 0 atom stereocenters. The number of carbonyl (C=O) groups excluding carboxylic acids is 1. The zero-order valence-electron chi connectivity index (χ0n) is 8.94. The molecule has 3 N–H and O–H groups in total. The Hall–Kier alpha value is -1.60. The number of carbonyl (C=O) groups is 1. The van der Waals surface area contributed by atoms with E-state index < -0.39 is 16.1 Å². The largest absolute Gasteiger partial charge is 0.341 e. The molecule has 0 unspecified atom stereocenters. The summed E-state index contributed by atoms with van der Waals surface area (Å²) >= 11 is 0. The van der Waals surface area contributed by atoms with Crippen LogP contribution >= 0.6 is 0 Å². The van der Waals surface area contributed by atoms with Gasteiger partial charge in [-0.3, -0.25) is 0 Å². The molecule has 0 heterocycles. The highest BCUT2D eigenvalue weighted by molar-refractivity contribution is 7.89. The van der Waals surface area contributed by atoms with Crippen molar-refractivity contribution in [1.82, 2.24) is 10.0 Å². The van der Waals surface area contributed by atoms with E-state index in [0.717, 1.165) is 0 Å². The maximum absolute atomic E-state index is 11.5. The van der Waals surface area contributed by atoms with E-state index in [9.17, 15) is 13.2 Å². The fraction of sp³-hybridized carbons (Fsp3) is 0.222. The third-order valence-corrected chi connectivity index (χ3v) is 3.31. The Morgan fingerprint density at radius 1 is 1.25 bits per heavy atom. The molecule has 1 aromatic rings. The van der Waals surface area contributed by atoms with E-state index in [4.69, 9.17) is 0 Å². The minimum absolute atomic E-state index is 0.101. The lowest BCUT2D eigenvalue weighted by atomic mass is 10.3. The van der Waals surface area contributed by atoms with Crippen molar-refractivity contribution >= 4 is 21.7 Å². The van der Waals surface area contributed by atoms with Gasteiger partial charge >= 0.3 is 6.03 Å². The Labute approximate surface area is 94.1 Å². The minimum Gasteiger partial charge on any atom is -0.341 e. The first-order valence-electron chi connectivity index (χ1n) is 4.52. The Balaban J connectivity index is 3.00. The number of sulfonamides is 1. The van der Waals surface area contributed by atoms with Crippen LogP contribution in [0.4, 0.5) is 10.5 Å². The van der Waals surface area contributed by atoms with Crippen LogP contribution in [-0.4, -0.2) is 28.5 Å². The average molecular weight is 243 g/mol. The van der Waals surface area contributed by atoms with Crippen LogP contribution in [0.1, 0.15) is 0 Å². The van der Waals surface area contributed by atoms with Gasteiger partial charge in [0.05, 0.1) is 4.90 Å². The number of anilines is 1. The van der Waals surface area contributed by atoms with E-state index in [0.29, 0.717) is 5.69 Å². The summed E-state index contributed by atoms with van der Waals surface area (Å²) in [5, 5.41) is 4.86. The second-order valence-electron chi connectivity index (χ2n) is 2.94. The molecule has 7 heteroatoms. The normalized spacial score (nSPS) is 10.9. The molecular formula is C9H13N3O3S. The van der Waals surface area contributed by atoms with Gasteiger partial charge in [-0.15, -0.1) is 0 Å². The lowest BCUT2D eigenvalue weighted by molar-refractivity contribution is 0.254. The summed E-state index contributed by atoms with van der Waals surface area (Å²) in [7, 11) is -0.682. The van der Waals surface area contributed by atoms with Crippen molar-refractivity contribution in [2.24, 2.45) is 0 Å². The quantitative estimate of drug-likeness (QED) is 0.715. The molecule has 0 spiro atoms. The zero-order chi connectivity index (χ0) is 12.2. The number of urea groups is 1. The molecule has 0 bridgehead atoms. The SMILES string of the molecule is CNC(=O)Nc1cccc(S(=O)(=O)NC)c1. The Kier molecular flexibility index (Phi) is 3.86. The summed E-state index contributed by atoms with van der Waals surface area (Å²) in [6, 6.07) is 5.57. The van der Waals surface area contributed by atoms with Crippen molar-refractivity contribution in [3.05, 3.63) is 24.3 Å². The summed E-state index contributed by atoms with van der Waals surface area (Å²) in [6.07, 6.45) is 0. The van der Waals surface area contributed by atoms with Crippen LogP contribution in [0.15, 0.2) is 29.2 Å². The Bertz CT molecular complexity index is 485. The van der Waals surface area contributed by atoms with Crippen molar-refractivity contribution in [3.8, 4) is 0 Å². The van der Waals surface area contributed by atoms with Crippen LogP contribution in [0.25, 0.3) is 0 Å². The van der Waals surface area contributed by atoms with E-state index in [1.807, 2.05) is 0 Å². The van der Waals surface area contributed by atoms with Gasteiger partial charge < -0.3 is 10.6 Å². The molecule has 0 fully saturated rings. The van der Waals surface area contributed by atoms with Crippen molar-refractivity contribution < 1.29 is 13.2 Å². The predicted molar refractivity (Wildman–Crippen MR) is 60.8 cm³/mol. The van der Waals surface area contributed by atoms with E-state index in [1.54, 1.807) is 12.1 Å². The van der Waals surface area contributed by atoms with E-state index in [2.05, 4.69) is 15.4 Å². The summed E-state index contributed by atoms with van der Waals surface area (Å²) in [5.74, 6) is 0. The summed E-state index contributed by atoms with van der Waals surface area (Å²) < 4.78 is 25.1. The van der Waals surface area contributed by atoms with Crippen LogP contribution in [-0.2, 0) is 10.0 Å². The molecule has 88 valence electrons. The third kappa shape index (κ3) is 2.94. The Morgan fingerprint density at radius 2 is 1.94 bits per heavy atom. The second kappa shape index (κ2) is 4.95. The first kappa shape index (κ1) is 12.5. The van der Waals surface area contributed by atoms with Gasteiger partial charge in [-0.2, -0.15) is 0 Å². The predicted octanol–water partition coefficient (Wildman–Crippen LogP) is 0.346. The number of amides is 2. The van der Waals surface area contributed by atoms with Crippen LogP contribution in [0.3, 0.4) is 0 Å². The summed E-state index contributed by atoms with van der Waals surface area (Å²) in [5.41, 5.74) is 0.413. The van der Waals surface area contributed by atoms with Crippen LogP contribution < -0.4 is 15.4 Å². The standard InChI is InChI=1S/C9H13N3O3S/c1-10-9(13)12-7-4-3-5-8(6-7)16(14,15)11-2/h3-6,11H,1-2H3,(H2,10,12,13). The van der Waals surface area contributed by atoms with Gasteiger partial charge in [-0.1, -0.05) is 6.07 Å². The average Bonchev–Trinajstić information content (AvgIpc) is 2.29. The van der Waals surface area contributed by atoms with Gasteiger partial charge in [0.2, 0.25) is 10.0 Å². The Morgan fingerprint density at radius 3 is 2.50 bits per heavy atom. The number of rotatable bonds is 3. The van der Waals surface area contributed by atoms with Gasteiger partial charge in [0.1, 0.15) is 0 Å². The highest BCUT2D eigenvalue weighted by Crippen LogP contribution is 2.14. The smallest absolute Gasteiger partial charge is 0.318 e. The van der Waals surface area contributed by atoms with Crippen molar-refractivity contribution in [1.29, 1.82) is 0 Å². The van der Waals surface area contributed by atoms with Gasteiger partial charge in [-0.25, -0.2) is 17.9 Å². The molecule has 0 radical (unpaired) electrons. The van der Waals surface area contributed by atoms with E-state index in [1.165, 1.54) is 26.2 Å². The maximum atomic E-state index is 11.5. The first-order valence-corrected chi connectivity index (χ1v) is 6.00. The number of nitrogens with one attached hydrogen (secondary N) is 3. The monoisotopic (exact) mass is 243 g/mol. The highest BCUT2D eigenvalue weighted by Gasteiger charge is 2.11. The van der Waals surface area contributed by atoms with Crippen molar-refractivity contribution in [3.63, 3.8) is 0 Å².